The van der Waals surface area contributed by atoms with Gasteiger partial charge in [0.05, 0.1) is 11.4 Å². The lowest BCUT2D eigenvalue weighted by molar-refractivity contribution is 1.02. The van der Waals surface area contributed by atoms with Crippen LogP contribution in [0.1, 0.15) is 17.0 Å². The van der Waals surface area contributed by atoms with Crippen LogP contribution in [0.25, 0.3) is 0 Å². The zero-order valence-corrected chi connectivity index (χ0v) is 12.5. The molecule has 5 heteroatoms. The minimum atomic E-state index is 0.410. The molecule has 3 nitrogen and oxygen atoms in total. The van der Waals surface area contributed by atoms with Crippen molar-refractivity contribution in [2.75, 3.05) is 5.32 Å². The molecule has 94 valence electrons. The molecule has 1 heterocycles. The van der Waals surface area contributed by atoms with Gasteiger partial charge in [-0.05, 0) is 31.5 Å². The van der Waals surface area contributed by atoms with Crippen molar-refractivity contribution in [3.8, 4) is 0 Å². The van der Waals surface area contributed by atoms with Crippen LogP contribution in [0.2, 0.25) is 5.15 Å². The minimum Gasteiger partial charge on any atom is -0.363 e. The standard InChI is InChI=1S/C13H13BrClN3/c1-8-9(2)18-13(12(15)17-8)16-7-10-4-3-5-11(14)6-10/h3-6H,7H2,1-2H3,(H,16,18). The van der Waals surface area contributed by atoms with Crippen molar-refractivity contribution >= 4 is 33.3 Å². The number of hydrogen-bond donors (Lipinski definition) is 1. The molecule has 1 aromatic carbocycles. The highest BCUT2D eigenvalue weighted by atomic mass is 79.9. The van der Waals surface area contributed by atoms with Gasteiger partial charge in [-0.25, -0.2) is 9.97 Å². The maximum Gasteiger partial charge on any atom is 0.171 e. The van der Waals surface area contributed by atoms with Gasteiger partial charge in [0.2, 0.25) is 0 Å². The van der Waals surface area contributed by atoms with Gasteiger partial charge in [-0.15, -0.1) is 0 Å². The van der Waals surface area contributed by atoms with Gasteiger partial charge in [0.1, 0.15) is 0 Å². The summed E-state index contributed by atoms with van der Waals surface area (Å²) in [7, 11) is 0. The maximum absolute atomic E-state index is 6.05. The molecule has 0 atom stereocenters. The van der Waals surface area contributed by atoms with E-state index in [1.165, 1.54) is 0 Å². The SMILES string of the molecule is Cc1nc(Cl)c(NCc2cccc(Br)c2)nc1C. The molecule has 0 saturated carbocycles. The Morgan fingerprint density at radius 3 is 2.67 bits per heavy atom. The van der Waals surface area contributed by atoms with Crippen molar-refractivity contribution < 1.29 is 0 Å². The topological polar surface area (TPSA) is 37.8 Å². The molecule has 2 aromatic rings. The molecule has 0 unspecified atom stereocenters. The number of rotatable bonds is 3. The molecule has 0 bridgehead atoms. The molecule has 0 radical (unpaired) electrons. The van der Waals surface area contributed by atoms with Crippen molar-refractivity contribution in [2.24, 2.45) is 0 Å². The Morgan fingerprint density at radius 1 is 1.22 bits per heavy atom. The molecular formula is C13H13BrClN3. The van der Waals surface area contributed by atoms with E-state index in [0.717, 1.165) is 21.4 Å². The zero-order chi connectivity index (χ0) is 13.1. The van der Waals surface area contributed by atoms with E-state index in [-0.39, 0.29) is 0 Å². The molecule has 0 amide bonds. The van der Waals surface area contributed by atoms with Crippen LogP contribution in [0.4, 0.5) is 5.82 Å². The van der Waals surface area contributed by atoms with E-state index in [0.29, 0.717) is 17.5 Å². The van der Waals surface area contributed by atoms with Crippen molar-refractivity contribution in [1.29, 1.82) is 0 Å². The first-order chi connectivity index (χ1) is 8.56. The number of aromatic nitrogens is 2. The summed E-state index contributed by atoms with van der Waals surface area (Å²) in [5.41, 5.74) is 2.89. The van der Waals surface area contributed by atoms with Gasteiger partial charge in [-0.1, -0.05) is 39.7 Å². The molecule has 0 fully saturated rings. The summed E-state index contributed by atoms with van der Waals surface area (Å²) >= 11 is 9.50. The van der Waals surface area contributed by atoms with Crippen molar-refractivity contribution in [1.82, 2.24) is 9.97 Å². The number of nitrogens with one attached hydrogen (secondary N) is 1. The third-order valence-electron chi connectivity index (χ3n) is 2.61. The Balaban J connectivity index is 2.13. The van der Waals surface area contributed by atoms with Crippen molar-refractivity contribution in [3.05, 3.63) is 50.8 Å². The van der Waals surface area contributed by atoms with Crippen LogP contribution in [-0.4, -0.2) is 9.97 Å². The first-order valence-corrected chi connectivity index (χ1v) is 6.72. The van der Waals surface area contributed by atoms with Gasteiger partial charge in [-0.3, -0.25) is 0 Å². The number of anilines is 1. The molecule has 1 N–H and O–H groups in total. The van der Waals surface area contributed by atoms with E-state index in [1.807, 2.05) is 32.0 Å². The van der Waals surface area contributed by atoms with Crippen molar-refractivity contribution in [3.63, 3.8) is 0 Å². The highest BCUT2D eigenvalue weighted by molar-refractivity contribution is 9.10. The van der Waals surface area contributed by atoms with E-state index in [9.17, 15) is 0 Å². The van der Waals surface area contributed by atoms with E-state index in [4.69, 9.17) is 11.6 Å². The third-order valence-corrected chi connectivity index (χ3v) is 3.37. The Hall–Kier alpha value is -1.13. The molecular weight excluding hydrogens is 314 g/mol. The van der Waals surface area contributed by atoms with E-state index in [2.05, 4.69) is 37.3 Å². The van der Waals surface area contributed by atoms with E-state index < -0.39 is 0 Å². The van der Waals surface area contributed by atoms with Crippen LogP contribution in [0.5, 0.6) is 0 Å². The highest BCUT2D eigenvalue weighted by Crippen LogP contribution is 2.19. The van der Waals surface area contributed by atoms with Gasteiger partial charge in [0.15, 0.2) is 11.0 Å². The smallest absolute Gasteiger partial charge is 0.171 e. The van der Waals surface area contributed by atoms with E-state index >= 15 is 0 Å². The quantitative estimate of drug-likeness (QED) is 0.922. The summed E-state index contributed by atoms with van der Waals surface area (Å²) in [6, 6.07) is 8.08. The molecule has 0 aliphatic heterocycles. The molecule has 18 heavy (non-hydrogen) atoms. The third kappa shape index (κ3) is 3.21. The zero-order valence-electron chi connectivity index (χ0n) is 10.2. The predicted octanol–water partition coefficient (Wildman–Crippen LogP) is 4.12. The first-order valence-electron chi connectivity index (χ1n) is 5.55. The Morgan fingerprint density at radius 2 is 1.94 bits per heavy atom. The normalized spacial score (nSPS) is 10.4. The van der Waals surface area contributed by atoms with E-state index in [1.54, 1.807) is 0 Å². The van der Waals surface area contributed by atoms with Crippen LogP contribution in [0.15, 0.2) is 28.7 Å². The summed E-state index contributed by atoms with van der Waals surface area (Å²) in [5.74, 6) is 0.625. The van der Waals surface area contributed by atoms with Crippen LogP contribution in [-0.2, 0) is 6.54 Å². The lowest BCUT2D eigenvalue weighted by atomic mass is 10.2. The summed E-state index contributed by atoms with van der Waals surface area (Å²) in [5, 5.41) is 3.61. The number of benzene rings is 1. The van der Waals surface area contributed by atoms with Gasteiger partial charge < -0.3 is 5.32 Å². The molecule has 2 rings (SSSR count). The largest absolute Gasteiger partial charge is 0.363 e. The monoisotopic (exact) mass is 325 g/mol. The second kappa shape index (κ2) is 5.67. The Kier molecular flexibility index (Phi) is 4.19. The molecule has 0 aliphatic carbocycles. The summed E-state index contributed by atoms with van der Waals surface area (Å²) < 4.78 is 1.05. The van der Waals surface area contributed by atoms with Crippen LogP contribution in [0, 0.1) is 13.8 Å². The molecule has 1 aromatic heterocycles. The fourth-order valence-electron chi connectivity index (χ4n) is 1.52. The van der Waals surface area contributed by atoms with Crippen LogP contribution < -0.4 is 5.32 Å². The summed E-state index contributed by atoms with van der Waals surface area (Å²) in [6.45, 7) is 4.48. The molecule has 0 spiro atoms. The second-order valence-electron chi connectivity index (χ2n) is 4.02. The minimum absolute atomic E-state index is 0.410. The van der Waals surface area contributed by atoms with Gasteiger partial charge in [0.25, 0.3) is 0 Å². The Labute approximate surface area is 120 Å². The van der Waals surface area contributed by atoms with Crippen LogP contribution in [0.3, 0.4) is 0 Å². The average Bonchev–Trinajstić information content (AvgIpc) is 2.32. The summed E-state index contributed by atoms with van der Waals surface area (Å²) in [6.07, 6.45) is 0. The lowest BCUT2D eigenvalue weighted by Gasteiger charge is -2.09. The van der Waals surface area contributed by atoms with Gasteiger partial charge in [-0.2, -0.15) is 0 Å². The van der Waals surface area contributed by atoms with Crippen molar-refractivity contribution in [2.45, 2.75) is 20.4 Å². The average molecular weight is 327 g/mol. The maximum atomic E-state index is 6.05. The fraction of sp³-hybridized carbons (Fsp3) is 0.231. The summed E-state index contributed by atoms with van der Waals surface area (Å²) in [4.78, 5) is 8.63. The number of aryl methyl sites for hydroxylation is 2. The first kappa shape index (κ1) is 13.3. The second-order valence-corrected chi connectivity index (χ2v) is 5.29. The number of nitrogens with zero attached hydrogens (tertiary/aromatic N) is 2. The van der Waals surface area contributed by atoms with Gasteiger partial charge >= 0.3 is 0 Å². The molecule has 0 aliphatic rings. The fourth-order valence-corrected chi connectivity index (χ4v) is 2.20. The number of halogens is 2. The predicted molar refractivity (Wildman–Crippen MR) is 78.0 cm³/mol. The Bertz CT molecular complexity index is 572. The highest BCUT2D eigenvalue weighted by Gasteiger charge is 2.06. The lowest BCUT2D eigenvalue weighted by Crippen LogP contribution is -2.05. The number of hydrogen-bond acceptors (Lipinski definition) is 3. The molecule has 0 saturated heterocycles. The van der Waals surface area contributed by atoms with Crippen LogP contribution >= 0.6 is 27.5 Å². The van der Waals surface area contributed by atoms with Gasteiger partial charge in [0, 0.05) is 11.0 Å².